The average molecular weight is 594 g/mol. The number of aryl methyl sites for hydroxylation is 2. The van der Waals surface area contributed by atoms with Crippen LogP contribution < -0.4 is 0 Å². The molecule has 7 heteroatoms. The van der Waals surface area contributed by atoms with E-state index < -0.39 is 0 Å². The van der Waals surface area contributed by atoms with E-state index in [9.17, 15) is 0 Å². The van der Waals surface area contributed by atoms with Crippen molar-refractivity contribution in [2.75, 3.05) is 0 Å². The lowest BCUT2D eigenvalue weighted by Gasteiger charge is -2.11. The number of rotatable bonds is 4. The Balaban J connectivity index is 1.15. The third-order valence-electron chi connectivity index (χ3n) is 8.55. The lowest BCUT2D eigenvalue weighted by Crippen LogP contribution is -2.01. The summed E-state index contributed by atoms with van der Waals surface area (Å²) >= 11 is 0. The van der Waals surface area contributed by atoms with E-state index in [0.29, 0.717) is 0 Å². The zero-order valence-electron chi connectivity index (χ0n) is 25.3. The van der Waals surface area contributed by atoms with Gasteiger partial charge < -0.3 is 0 Å². The molecule has 218 valence electrons. The van der Waals surface area contributed by atoms with Crippen LogP contribution in [0.3, 0.4) is 0 Å². The van der Waals surface area contributed by atoms with Crippen molar-refractivity contribution in [3.8, 4) is 34.4 Å². The summed E-state index contributed by atoms with van der Waals surface area (Å²) in [6.45, 7) is 4.21. The molecule has 0 radical (unpaired) electrons. The van der Waals surface area contributed by atoms with Crippen molar-refractivity contribution in [2.24, 2.45) is 0 Å². The minimum absolute atomic E-state index is 0.776. The third kappa shape index (κ3) is 4.09. The lowest BCUT2D eigenvalue weighted by molar-refractivity contribution is 1.07. The molecule has 7 heterocycles. The summed E-state index contributed by atoms with van der Waals surface area (Å²) < 4.78 is 4.36. The van der Waals surface area contributed by atoms with Crippen LogP contribution in [0.4, 0.5) is 0 Å². The Hall–Kier alpha value is -6.21. The summed E-state index contributed by atoms with van der Waals surface area (Å²) in [5, 5.41) is 2.23. The molecular weight excluding hydrogens is 566 g/mol. The molecule has 0 saturated heterocycles. The molecule has 0 aliphatic heterocycles. The summed E-state index contributed by atoms with van der Waals surface area (Å²) in [5.41, 5.74) is 11.6. The van der Waals surface area contributed by atoms with Gasteiger partial charge in [0.1, 0.15) is 11.6 Å². The first-order chi connectivity index (χ1) is 22.6. The van der Waals surface area contributed by atoms with Gasteiger partial charge in [-0.25, -0.2) is 15.0 Å². The van der Waals surface area contributed by atoms with Crippen LogP contribution in [-0.4, -0.2) is 34.1 Å². The standard InChI is InChI=1S/C39H27N7/c1-24-16-18-32-26(22-24)38-34(12-6-20-40-38)45(32)36-14-4-10-30(43-36)28-8-3-9-29(42-28)31-11-5-15-37(44-31)46-33-19-17-25(2)23-27(33)39-35(46)13-7-21-41-39/h3-23H,1-2H3. The zero-order valence-corrected chi connectivity index (χ0v) is 25.3. The minimum Gasteiger partial charge on any atom is -0.292 e. The van der Waals surface area contributed by atoms with Gasteiger partial charge in [0.25, 0.3) is 0 Å². The summed E-state index contributed by atoms with van der Waals surface area (Å²) in [5.74, 6) is 1.63. The molecule has 46 heavy (non-hydrogen) atoms. The van der Waals surface area contributed by atoms with Crippen molar-refractivity contribution in [2.45, 2.75) is 13.8 Å². The second kappa shape index (κ2) is 10.2. The van der Waals surface area contributed by atoms with E-state index in [0.717, 1.165) is 78.3 Å². The Kier molecular flexibility index (Phi) is 5.80. The predicted molar refractivity (Wildman–Crippen MR) is 184 cm³/mol. The monoisotopic (exact) mass is 593 g/mol. The van der Waals surface area contributed by atoms with Gasteiger partial charge in [-0.1, -0.05) is 41.5 Å². The maximum absolute atomic E-state index is 5.12. The number of benzene rings is 2. The number of aromatic nitrogens is 7. The maximum Gasteiger partial charge on any atom is 0.138 e. The Morgan fingerprint density at radius 3 is 1.33 bits per heavy atom. The maximum atomic E-state index is 5.12. The molecule has 0 aliphatic carbocycles. The van der Waals surface area contributed by atoms with Gasteiger partial charge in [0.2, 0.25) is 0 Å². The van der Waals surface area contributed by atoms with E-state index in [4.69, 9.17) is 24.9 Å². The van der Waals surface area contributed by atoms with Gasteiger partial charge in [-0.05, 0) is 98.8 Å². The summed E-state index contributed by atoms with van der Waals surface area (Å²) in [6.07, 6.45) is 3.69. The van der Waals surface area contributed by atoms with E-state index in [1.165, 1.54) is 11.1 Å². The quantitative estimate of drug-likeness (QED) is 0.204. The lowest BCUT2D eigenvalue weighted by atomic mass is 10.1. The molecule has 0 bridgehead atoms. The molecule has 0 unspecified atom stereocenters. The molecule has 0 fully saturated rings. The predicted octanol–water partition coefficient (Wildman–Crippen LogP) is 8.81. The fraction of sp³-hybridized carbons (Fsp3) is 0.0513. The average Bonchev–Trinajstić information content (AvgIpc) is 3.60. The number of hydrogen-bond donors (Lipinski definition) is 0. The van der Waals surface area contributed by atoms with Gasteiger partial charge in [0.15, 0.2) is 0 Å². The second-order valence-corrected chi connectivity index (χ2v) is 11.6. The minimum atomic E-state index is 0.776. The molecule has 0 N–H and O–H groups in total. The Bertz CT molecular complexity index is 2450. The molecule has 0 amide bonds. The van der Waals surface area contributed by atoms with Crippen LogP contribution in [0.15, 0.2) is 128 Å². The number of hydrogen-bond acceptors (Lipinski definition) is 5. The molecule has 0 aliphatic rings. The molecule has 7 aromatic heterocycles. The summed E-state index contributed by atoms with van der Waals surface area (Å²) in [4.78, 5) is 24.7. The van der Waals surface area contributed by atoms with Gasteiger partial charge in [-0.15, -0.1) is 0 Å². The molecule has 9 rings (SSSR count). The van der Waals surface area contributed by atoms with E-state index in [2.05, 4.69) is 71.5 Å². The van der Waals surface area contributed by atoms with Gasteiger partial charge in [0.05, 0.1) is 55.9 Å². The Morgan fingerprint density at radius 2 is 0.848 bits per heavy atom. The fourth-order valence-corrected chi connectivity index (χ4v) is 6.49. The third-order valence-corrected chi connectivity index (χ3v) is 8.55. The van der Waals surface area contributed by atoms with Crippen LogP contribution in [0.1, 0.15) is 11.1 Å². The topological polar surface area (TPSA) is 74.3 Å². The molecular formula is C39H27N7. The highest BCUT2D eigenvalue weighted by molar-refractivity contribution is 6.08. The largest absolute Gasteiger partial charge is 0.292 e. The molecule has 0 saturated carbocycles. The first-order valence-corrected chi connectivity index (χ1v) is 15.3. The van der Waals surface area contributed by atoms with Crippen molar-refractivity contribution in [3.63, 3.8) is 0 Å². The number of pyridine rings is 5. The molecule has 0 spiro atoms. The van der Waals surface area contributed by atoms with Gasteiger partial charge >= 0.3 is 0 Å². The summed E-state index contributed by atoms with van der Waals surface area (Å²) in [7, 11) is 0. The van der Waals surface area contributed by atoms with Crippen molar-refractivity contribution in [3.05, 3.63) is 139 Å². The van der Waals surface area contributed by atoms with Gasteiger partial charge in [-0.3, -0.25) is 19.1 Å². The van der Waals surface area contributed by atoms with E-state index >= 15 is 0 Å². The number of fused-ring (bicyclic) bond motifs is 6. The summed E-state index contributed by atoms with van der Waals surface area (Å²) in [6, 6.07) is 39.2. The van der Waals surface area contributed by atoms with Crippen LogP contribution in [-0.2, 0) is 0 Å². The zero-order chi connectivity index (χ0) is 30.8. The van der Waals surface area contributed by atoms with Crippen LogP contribution in [0.25, 0.3) is 78.3 Å². The van der Waals surface area contributed by atoms with E-state index in [1.807, 2.05) is 79.1 Å². The van der Waals surface area contributed by atoms with Crippen LogP contribution in [0.5, 0.6) is 0 Å². The van der Waals surface area contributed by atoms with E-state index in [1.54, 1.807) is 0 Å². The smallest absolute Gasteiger partial charge is 0.138 e. The normalized spacial score (nSPS) is 11.7. The Labute approximate surface area is 264 Å². The highest BCUT2D eigenvalue weighted by Gasteiger charge is 2.17. The highest BCUT2D eigenvalue weighted by Crippen LogP contribution is 2.33. The fourth-order valence-electron chi connectivity index (χ4n) is 6.49. The van der Waals surface area contributed by atoms with Crippen molar-refractivity contribution in [1.82, 2.24) is 34.1 Å². The van der Waals surface area contributed by atoms with Crippen molar-refractivity contribution >= 4 is 43.9 Å². The van der Waals surface area contributed by atoms with Crippen LogP contribution in [0.2, 0.25) is 0 Å². The second-order valence-electron chi connectivity index (χ2n) is 11.6. The Morgan fingerprint density at radius 1 is 0.413 bits per heavy atom. The van der Waals surface area contributed by atoms with Gasteiger partial charge in [-0.2, -0.15) is 0 Å². The molecule has 7 nitrogen and oxygen atoms in total. The SMILES string of the molecule is Cc1ccc2c(c1)c1ncccc1n2-c1cccc(-c2cccc(-c3cccc(-n4c5ccc(C)cc5c5ncccc54)n3)n2)n1. The first-order valence-electron chi connectivity index (χ1n) is 15.3. The van der Waals surface area contributed by atoms with Crippen LogP contribution in [0, 0.1) is 13.8 Å². The van der Waals surface area contributed by atoms with Crippen molar-refractivity contribution < 1.29 is 0 Å². The van der Waals surface area contributed by atoms with Crippen LogP contribution >= 0.6 is 0 Å². The van der Waals surface area contributed by atoms with Crippen molar-refractivity contribution in [1.29, 1.82) is 0 Å². The molecule has 0 atom stereocenters. The number of nitrogens with zero attached hydrogens (tertiary/aromatic N) is 7. The first kappa shape index (κ1) is 26.2. The van der Waals surface area contributed by atoms with E-state index in [-0.39, 0.29) is 0 Å². The molecule has 2 aromatic carbocycles. The highest BCUT2D eigenvalue weighted by atomic mass is 15.1. The molecule has 9 aromatic rings. The van der Waals surface area contributed by atoms with Gasteiger partial charge in [0, 0.05) is 23.2 Å².